The van der Waals surface area contributed by atoms with E-state index in [1.165, 1.54) is 6.07 Å². The summed E-state index contributed by atoms with van der Waals surface area (Å²) in [5.41, 5.74) is 8.43. The van der Waals surface area contributed by atoms with Gasteiger partial charge in [-0.1, -0.05) is 35.9 Å². The van der Waals surface area contributed by atoms with Crippen molar-refractivity contribution in [1.82, 2.24) is 0 Å². The van der Waals surface area contributed by atoms with Crippen molar-refractivity contribution in [2.75, 3.05) is 11.6 Å². The van der Waals surface area contributed by atoms with E-state index < -0.39 is 22.0 Å². The molecule has 3 aromatic carbocycles. The van der Waals surface area contributed by atoms with E-state index in [0.717, 1.165) is 11.8 Å². The molecule has 32 heavy (non-hydrogen) atoms. The second-order valence-electron chi connectivity index (χ2n) is 7.11. The Hall–Kier alpha value is -3.98. The van der Waals surface area contributed by atoms with Crippen LogP contribution in [0.25, 0.3) is 11.1 Å². The van der Waals surface area contributed by atoms with Crippen LogP contribution in [-0.2, 0) is 14.3 Å². The second-order valence-corrected chi connectivity index (χ2v) is 8.69. The van der Waals surface area contributed by atoms with Crippen LogP contribution in [0.2, 0.25) is 0 Å². The van der Waals surface area contributed by atoms with Gasteiger partial charge in [0.15, 0.2) is 0 Å². The Morgan fingerprint density at radius 2 is 1.59 bits per heavy atom. The van der Waals surface area contributed by atoms with E-state index in [-0.39, 0.29) is 17.0 Å². The molecule has 0 saturated carbocycles. The summed E-state index contributed by atoms with van der Waals surface area (Å²) in [4.78, 5) is 25.5. The van der Waals surface area contributed by atoms with Crippen molar-refractivity contribution in [1.29, 1.82) is 5.41 Å². The van der Waals surface area contributed by atoms with Crippen LogP contribution in [0, 0.1) is 12.3 Å². The van der Waals surface area contributed by atoms with Gasteiger partial charge in [0.2, 0.25) is 0 Å². The Labute approximate surface area is 185 Å². The fraction of sp³-hybridized carbons (Fsp3) is 0.0870. The van der Waals surface area contributed by atoms with Gasteiger partial charge in [-0.15, -0.1) is 0 Å². The van der Waals surface area contributed by atoms with E-state index in [1.54, 1.807) is 60.7 Å². The molecular weight excluding hydrogens is 430 g/mol. The molecule has 9 heteroatoms. The zero-order valence-corrected chi connectivity index (χ0v) is 18.2. The van der Waals surface area contributed by atoms with Crippen molar-refractivity contribution in [3.63, 3.8) is 0 Å². The molecule has 0 aliphatic heterocycles. The first-order chi connectivity index (χ1) is 15.0. The summed E-state index contributed by atoms with van der Waals surface area (Å²) in [6.45, 7) is 1.84. The van der Waals surface area contributed by atoms with Crippen LogP contribution in [0.5, 0.6) is 0 Å². The predicted molar refractivity (Wildman–Crippen MR) is 122 cm³/mol. The zero-order valence-electron chi connectivity index (χ0n) is 17.4. The Bertz CT molecular complexity index is 1320. The number of nitrogens with two attached hydrogens (primary N) is 1. The number of carbonyl (C=O) groups is 2. The lowest BCUT2D eigenvalue weighted by Crippen LogP contribution is -2.16. The summed E-state index contributed by atoms with van der Waals surface area (Å²) >= 11 is 0. The number of rotatable bonds is 6. The summed E-state index contributed by atoms with van der Waals surface area (Å²) in [5.74, 6) is -1.54. The molecule has 0 unspecified atom stereocenters. The maximum absolute atomic E-state index is 13.1. The summed E-state index contributed by atoms with van der Waals surface area (Å²) in [5, 5.41) is 10.2. The highest BCUT2D eigenvalue weighted by atomic mass is 32.2. The van der Waals surface area contributed by atoms with Gasteiger partial charge < -0.3 is 15.2 Å². The van der Waals surface area contributed by atoms with E-state index >= 15 is 0 Å². The van der Waals surface area contributed by atoms with E-state index in [4.69, 9.17) is 11.1 Å². The molecule has 0 saturated heterocycles. The Kier molecular flexibility index (Phi) is 6.40. The lowest BCUT2D eigenvalue weighted by atomic mass is 9.93. The smallest absolute Gasteiger partial charge is 0.354 e. The second kappa shape index (κ2) is 9.03. The minimum absolute atomic E-state index is 0.0170. The van der Waals surface area contributed by atoms with Crippen LogP contribution < -0.4 is 11.1 Å². The molecule has 1 amide bonds. The molecule has 164 valence electrons. The highest BCUT2D eigenvalue weighted by Gasteiger charge is 2.21. The molecule has 0 fully saturated rings. The van der Waals surface area contributed by atoms with Gasteiger partial charge in [0.05, 0.1) is 11.8 Å². The molecule has 3 rings (SSSR count). The fourth-order valence-corrected chi connectivity index (χ4v) is 3.45. The average molecular weight is 452 g/mol. The topological polar surface area (TPSA) is 139 Å². The van der Waals surface area contributed by atoms with Crippen molar-refractivity contribution < 1.29 is 22.2 Å². The van der Waals surface area contributed by atoms with Crippen LogP contribution in [0.1, 0.15) is 31.8 Å². The van der Waals surface area contributed by atoms with Gasteiger partial charge in [0.1, 0.15) is 5.84 Å². The van der Waals surface area contributed by atoms with Crippen molar-refractivity contribution >= 4 is 33.5 Å². The number of amidine groups is 1. The van der Waals surface area contributed by atoms with E-state index in [1.807, 2.05) is 6.92 Å². The van der Waals surface area contributed by atoms with Gasteiger partial charge in [0, 0.05) is 16.8 Å². The normalized spacial score (nSPS) is 10.9. The van der Waals surface area contributed by atoms with Crippen molar-refractivity contribution in [2.45, 2.75) is 6.92 Å². The average Bonchev–Trinajstić information content (AvgIpc) is 2.72. The zero-order chi connectivity index (χ0) is 23.5. The van der Waals surface area contributed by atoms with Gasteiger partial charge >= 0.3 is 16.1 Å². The van der Waals surface area contributed by atoms with Crippen LogP contribution >= 0.6 is 0 Å². The third-order valence-electron chi connectivity index (χ3n) is 4.54. The van der Waals surface area contributed by atoms with Crippen LogP contribution in [0.3, 0.4) is 0 Å². The van der Waals surface area contributed by atoms with Gasteiger partial charge in [0.25, 0.3) is 5.91 Å². The van der Waals surface area contributed by atoms with Crippen molar-refractivity contribution in [3.8, 4) is 11.1 Å². The lowest BCUT2D eigenvalue weighted by Gasteiger charge is -2.14. The number of hydrogen-bond donors (Lipinski definition) is 3. The summed E-state index contributed by atoms with van der Waals surface area (Å²) in [6, 6.07) is 17.9. The number of benzene rings is 3. The van der Waals surface area contributed by atoms with Crippen molar-refractivity contribution in [2.24, 2.45) is 5.73 Å². The molecule has 0 spiro atoms. The molecule has 4 N–H and O–H groups in total. The third-order valence-corrected chi connectivity index (χ3v) is 4.99. The number of carbonyl (C=O) groups excluding carboxylic acids is 2. The van der Waals surface area contributed by atoms with Gasteiger partial charge in [-0.2, -0.15) is 8.42 Å². The summed E-state index contributed by atoms with van der Waals surface area (Å²) < 4.78 is 27.4. The molecule has 0 heterocycles. The molecule has 0 atom stereocenters. The highest BCUT2D eigenvalue weighted by molar-refractivity contribution is 7.86. The molecule has 0 aromatic heterocycles. The largest absolute Gasteiger partial charge is 0.384 e. The number of hydrogen-bond acceptors (Lipinski definition) is 6. The molecule has 3 aromatic rings. The summed E-state index contributed by atoms with van der Waals surface area (Å²) in [6.07, 6.45) is 0.788. The van der Waals surface area contributed by atoms with Crippen LogP contribution in [-0.4, -0.2) is 32.4 Å². The van der Waals surface area contributed by atoms with Crippen LogP contribution in [0.4, 0.5) is 5.69 Å². The van der Waals surface area contributed by atoms with Crippen molar-refractivity contribution in [3.05, 3.63) is 89.0 Å². The standard InChI is InChI=1S/C23H21N3O5S/c1-14-7-12-18(22(27)26-16-10-8-15(9-11-16)21(24)25)20(13-14)17-5-3-4-6-19(17)23(28)31-32(2,29)30/h3-13H,1-2H3,(H3,24,25)(H,26,27). The Morgan fingerprint density at radius 1 is 0.938 bits per heavy atom. The molecule has 0 radical (unpaired) electrons. The quantitative estimate of drug-likeness (QED) is 0.298. The molecule has 0 aliphatic carbocycles. The number of amides is 1. The monoisotopic (exact) mass is 451 g/mol. The first-order valence-corrected chi connectivity index (χ1v) is 11.3. The first-order valence-electron chi connectivity index (χ1n) is 9.45. The predicted octanol–water partition coefficient (Wildman–Crippen LogP) is 3.31. The summed E-state index contributed by atoms with van der Waals surface area (Å²) in [7, 11) is -4.01. The Balaban J connectivity index is 2.01. The lowest BCUT2D eigenvalue weighted by molar-refractivity contribution is 0.0748. The maximum atomic E-state index is 13.1. The van der Waals surface area contributed by atoms with E-state index in [2.05, 4.69) is 9.50 Å². The molecule has 8 nitrogen and oxygen atoms in total. The number of anilines is 1. The van der Waals surface area contributed by atoms with Gasteiger partial charge in [-0.3, -0.25) is 10.2 Å². The molecule has 0 bridgehead atoms. The third kappa shape index (κ3) is 5.38. The maximum Gasteiger partial charge on any atom is 0.354 e. The van der Waals surface area contributed by atoms with Crippen LogP contribution in [0.15, 0.2) is 66.7 Å². The van der Waals surface area contributed by atoms with E-state index in [0.29, 0.717) is 22.4 Å². The fourth-order valence-electron chi connectivity index (χ4n) is 3.09. The van der Waals surface area contributed by atoms with E-state index in [9.17, 15) is 18.0 Å². The number of aryl methyl sites for hydroxylation is 1. The highest BCUT2D eigenvalue weighted by Crippen LogP contribution is 2.30. The number of nitrogens with one attached hydrogen (secondary N) is 2. The van der Waals surface area contributed by atoms with Gasteiger partial charge in [-0.05, 0) is 54.4 Å². The minimum atomic E-state index is -4.01. The Morgan fingerprint density at radius 3 is 2.22 bits per heavy atom. The number of nitrogen functional groups attached to an aromatic ring is 1. The SMILES string of the molecule is Cc1ccc(C(=O)Nc2ccc(C(=N)N)cc2)c(-c2ccccc2C(=O)OS(C)(=O)=O)c1. The molecular formula is C23H21N3O5S. The first kappa shape index (κ1) is 22.7. The minimum Gasteiger partial charge on any atom is -0.384 e. The molecule has 0 aliphatic rings. The van der Waals surface area contributed by atoms with Gasteiger partial charge in [-0.25, -0.2) is 4.79 Å².